The van der Waals surface area contributed by atoms with Crippen molar-refractivity contribution in [1.29, 1.82) is 0 Å². The molecular weight excluding hydrogens is 386 g/mol. The molecule has 30 heavy (non-hydrogen) atoms. The number of hydrogen-bond acceptors (Lipinski definition) is 7. The summed E-state index contributed by atoms with van der Waals surface area (Å²) in [5.41, 5.74) is 1.95. The predicted molar refractivity (Wildman–Crippen MR) is 110 cm³/mol. The normalized spacial score (nSPS) is 13.8. The minimum absolute atomic E-state index is 0.348. The molecule has 1 aromatic carbocycles. The van der Waals surface area contributed by atoms with Crippen LogP contribution in [0.3, 0.4) is 0 Å². The van der Waals surface area contributed by atoms with Crippen molar-refractivity contribution >= 4 is 16.9 Å². The van der Waals surface area contributed by atoms with E-state index in [9.17, 15) is 9.59 Å². The Morgan fingerprint density at radius 1 is 1.17 bits per heavy atom. The first-order chi connectivity index (χ1) is 14.5. The zero-order chi connectivity index (χ0) is 20.8. The average Bonchev–Trinajstić information content (AvgIpc) is 3.32. The van der Waals surface area contributed by atoms with Gasteiger partial charge in [0.1, 0.15) is 0 Å². The second-order valence-corrected chi connectivity index (χ2v) is 7.50. The maximum Gasteiger partial charge on any atom is 0.332 e. The van der Waals surface area contributed by atoms with Crippen molar-refractivity contribution < 1.29 is 0 Å². The van der Waals surface area contributed by atoms with Crippen LogP contribution in [0.5, 0.6) is 0 Å². The van der Waals surface area contributed by atoms with Gasteiger partial charge in [-0.1, -0.05) is 12.1 Å². The number of aromatic nitrogens is 8. The molecule has 1 saturated carbocycles. The lowest BCUT2D eigenvalue weighted by molar-refractivity contribution is 0.615. The van der Waals surface area contributed by atoms with E-state index >= 15 is 0 Å². The zero-order valence-electron chi connectivity index (χ0n) is 16.7. The van der Waals surface area contributed by atoms with Gasteiger partial charge in [0.25, 0.3) is 5.56 Å². The molecule has 11 heteroatoms. The van der Waals surface area contributed by atoms with Gasteiger partial charge in [0.2, 0.25) is 0 Å². The summed E-state index contributed by atoms with van der Waals surface area (Å²) in [6.45, 7) is 1.10. The molecule has 1 aliphatic carbocycles. The van der Waals surface area contributed by atoms with Gasteiger partial charge in [-0.15, -0.1) is 5.10 Å². The van der Waals surface area contributed by atoms with Crippen molar-refractivity contribution in [3.63, 3.8) is 0 Å². The number of benzene rings is 1. The summed E-state index contributed by atoms with van der Waals surface area (Å²) in [5.74, 6) is 0.770. The van der Waals surface area contributed by atoms with Crippen LogP contribution in [0.2, 0.25) is 0 Å². The third-order valence-electron chi connectivity index (χ3n) is 5.41. The van der Waals surface area contributed by atoms with Gasteiger partial charge in [-0.05, 0) is 35.4 Å². The molecule has 11 nitrogen and oxygen atoms in total. The van der Waals surface area contributed by atoms with Crippen LogP contribution in [-0.2, 0) is 20.6 Å². The topological polar surface area (TPSA) is 117 Å². The molecule has 3 aromatic heterocycles. The van der Waals surface area contributed by atoms with Crippen LogP contribution in [0.25, 0.3) is 22.6 Å². The molecule has 5 rings (SSSR count). The van der Waals surface area contributed by atoms with Crippen molar-refractivity contribution in [2.24, 2.45) is 14.1 Å². The number of tetrazole rings is 1. The lowest BCUT2D eigenvalue weighted by Crippen LogP contribution is -2.37. The van der Waals surface area contributed by atoms with E-state index in [1.54, 1.807) is 17.9 Å². The smallest absolute Gasteiger partial charge is 0.332 e. The van der Waals surface area contributed by atoms with Crippen molar-refractivity contribution in [1.82, 2.24) is 38.9 Å². The first-order valence-corrected chi connectivity index (χ1v) is 9.77. The molecule has 3 heterocycles. The summed E-state index contributed by atoms with van der Waals surface area (Å²) < 4.78 is 6.13. The standard InChI is InChI=1S/C19H21N9O2/c1-25-17-15(18(29)26(2)19(25)30)27(11-21-17)9-8-20-13-5-3-4-12(10-13)16-22-23-24-28(16)14-6-7-14/h3-5,10-11,14,20H,6-9H2,1-2H3. The second-order valence-electron chi connectivity index (χ2n) is 7.50. The lowest BCUT2D eigenvalue weighted by atomic mass is 10.2. The highest BCUT2D eigenvalue weighted by molar-refractivity contribution is 5.70. The van der Waals surface area contributed by atoms with E-state index in [1.807, 2.05) is 28.9 Å². The minimum atomic E-state index is -0.388. The molecule has 0 radical (unpaired) electrons. The highest BCUT2D eigenvalue weighted by atomic mass is 16.2. The van der Waals surface area contributed by atoms with Crippen LogP contribution >= 0.6 is 0 Å². The van der Waals surface area contributed by atoms with Gasteiger partial charge < -0.3 is 9.88 Å². The first kappa shape index (κ1) is 18.3. The Morgan fingerprint density at radius 2 is 2.00 bits per heavy atom. The van der Waals surface area contributed by atoms with E-state index in [1.165, 1.54) is 11.6 Å². The highest BCUT2D eigenvalue weighted by Crippen LogP contribution is 2.36. The fourth-order valence-electron chi connectivity index (χ4n) is 3.60. The van der Waals surface area contributed by atoms with E-state index in [4.69, 9.17) is 0 Å². The number of nitrogens with one attached hydrogen (secondary N) is 1. The zero-order valence-corrected chi connectivity index (χ0v) is 16.7. The van der Waals surface area contributed by atoms with E-state index in [0.29, 0.717) is 30.3 Å². The molecule has 1 N–H and O–H groups in total. The Kier molecular flexibility index (Phi) is 4.23. The quantitative estimate of drug-likeness (QED) is 0.495. The largest absolute Gasteiger partial charge is 0.383 e. The third-order valence-corrected chi connectivity index (χ3v) is 5.41. The summed E-state index contributed by atoms with van der Waals surface area (Å²) in [7, 11) is 3.08. The van der Waals surface area contributed by atoms with Crippen molar-refractivity contribution in [3.8, 4) is 11.4 Å². The van der Waals surface area contributed by atoms with Gasteiger partial charge in [0.15, 0.2) is 17.0 Å². The predicted octanol–water partition coefficient (Wildman–Crippen LogP) is 0.534. The molecule has 154 valence electrons. The summed E-state index contributed by atoms with van der Waals surface area (Å²) >= 11 is 0. The third kappa shape index (κ3) is 2.98. The molecule has 1 aliphatic rings. The molecule has 0 aliphatic heterocycles. The number of hydrogen-bond donors (Lipinski definition) is 1. The molecule has 1 fully saturated rings. The maximum absolute atomic E-state index is 12.5. The molecule has 0 atom stereocenters. The van der Waals surface area contributed by atoms with Gasteiger partial charge in [-0.3, -0.25) is 13.9 Å². The molecule has 0 unspecified atom stereocenters. The number of imidazole rings is 1. The number of anilines is 1. The van der Waals surface area contributed by atoms with E-state index in [2.05, 4.69) is 25.8 Å². The minimum Gasteiger partial charge on any atom is -0.383 e. The van der Waals surface area contributed by atoms with Gasteiger partial charge in [-0.2, -0.15) is 0 Å². The monoisotopic (exact) mass is 407 g/mol. The highest BCUT2D eigenvalue weighted by Gasteiger charge is 2.28. The Hall–Kier alpha value is -3.76. The fourth-order valence-corrected chi connectivity index (χ4v) is 3.60. The lowest BCUT2D eigenvalue weighted by Gasteiger charge is -2.10. The van der Waals surface area contributed by atoms with Gasteiger partial charge >= 0.3 is 5.69 Å². The van der Waals surface area contributed by atoms with Crippen LogP contribution in [0.4, 0.5) is 5.69 Å². The Labute approximate surface area is 170 Å². The van der Waals surface area contributed by atoms with Crippen LogP contribution in [0.15, 0.2) is 40.2 Å². The second kappa shape index (κ2) is 6.94. The van der Waals surface area contributed by atoms with Crippen molar-refractivity contribution in [2.75, 3.05) is 11.9 Å². The molecule has 4 aromatic rings. The van der Waals surface area contributed by atoms with Crippen LogP contribution < -0.4 is 16.6 Å². The summed E-state index contributed by atoms with van der Waals surface area (Å²) in [5, 5.41) is 15.5. The van der Waals surface area contributed by atoms with Gasteiger partial charge in [0, 0.05) is 38.4 Å². The van der Waals surface area contributed by atoms with Crippen molar-refractivity contribution in [3.05, 3.63) is 51.4 Å². The van der Waals surface area contributed by atoms with Crippen molar-refractivity contribution in [2.45, 2.75) is 25.4 Å². The van der Waals surface area contributed by atoms with E-state index in [0.717, 1.165) is 34.5 Å². The summed E-state index contributed by atoms with van der Waals surface area (Å²) in [6.07, 6.45) is 3.81. The molecular formula is C19H21N9O2. The SMILES string of the molecule is Cn1c(=O)c2c(ncn2CCNc2cccc(-c3nnnn3C3CC3)c2)n(C)c1=O. The Bertz CT molecular complexity index is 1360. The number of aryl methyl sites for hydroxylation is 1. The molecule has 0 bridgehead atoms. The Morgan fingerprint density at radius 3 is 2.80 bits per heavy atom. The summed E-state index contributed by atoms with van der Waals surface area (Å²) in [4.78, 5) is 28.8. The Balaban J connectivity index is 1.35. The van der Waals surface area contributed by atoms with E-state index < -0.39 is 0 Å². The molecule has 0 spiro atoms. The first-order valence-electron chi connectivity index (χ1n) is 9.77. The number of fused-ring (bicyclic) bond motifs is 1. The maximum atomic E-state index is 12.5. The number of nitrogens with zero attached hydrogens (tertiary/aromatic N) is 8. The average molecular weight is 407 g/mol. The van der Waals surface area contributed by atoms with Crippen LogP contribution in [0.1, 0.15) is 18.9 Å². The van der Waals surface area contributed by atoms with Gasteiger partial charge in [0.05, 0.1) is 12.4 Å². The van der Waals surface area contributed by atoms with Gasteiger partial charge in [-0.25, -0.2) is 14.5 Å². The molecule has 0 saturated heterocycles. The molecule has 0 amide bonds. The fraction of sp³-hybridized carbons (Fsp3) is 0.368. The van der Waals surface area contributed by atoms with E-state index in [-0.39, 0.29) is 11.2 Å². The van der Waals surface area contributed by atoms with Crippen LogP contribution in [-0.4, -0.2) is 45.4 Å². The van der Waals surface area contributed by atoms with Crippen LogP contribution in [0, 0.1) is 0 Å². The number of rotatable bonds is 6. The summed E-state index contributed by atoms with van der Waals surface area (Å²) in [6, 6.07) is 8.34.